The zero-order valence-electron chi connectivity index (χ0n) is 15.0. The molecule has 1 aliphatic rings. The molecule has 1 aromatic heterocycles. The number of ketones is 1. The Hall–Kier alpha value is -3.21. The highest BCUT2D eigenvalue weighted by atomic mass is 16.5. The summed E-state index contributed by atoms with van der Waals surface area (Å²) in [6.07, 6.45) is 1.99. The van der Waals surface area contributed by atoms with Crippen LogP contribution in [0, 0.1) is 0 Å². The molecule has 27 heavy (non-hydrogen) atoms. The Labute approximate surface area is 157 Å². The van der Waals surface area contributed by atoms with Crippen LogP contribution in [0.25, 0.3) is 10.9 Å². The number of nitrogens with zero attached hydrogens (tertiary/aromatic N) is 1. The van der Waals surface area contributed by atoms with Crippen LogP contribution in [0.1, 0.15) is 35.2 Å². The van der Waals surface area contributed by atoms with E-state index in [-0.39, 0.29) is 23.7 Å². The lowest BCUT2D eigenvalue weighted by Gasteiger charge is -2.36. The number of carbonyl (C=O) groups is 2. The standard InChI is InChI=1S/C22H20N2O3/c1-2-27-15-9-7-14(8-10-15)21-19(13-20(21)25)24-22(26)17-11-12-23-18-6-4-3-5-16(17)18/h3-12,19,21H,2,13H2,1H3,(H,24,26). The molecule has 1 amide bonds. The third kappa shape index (κ3) is 3.28. The van der Waals surface area contributed by atoms with Crippen LogP contribution in [0.15, 0.2) is 60.8 Å². The molecule has 0 bridgehead atoms. The minimum atomic E-state index is -0.308. The van der Waals surface area contributed by atoms with E-state index in [1.807, 2.05) is 55.5 Å². The van der Waals surface area contributed by atoms with Gasteiger partial charge in [-0.05, 0) is 36.8 Å². The maximum Gasteiger partial charge on any atom is 0.252 e. The van der Waals surface area contributed by atoms with Gasteiger partial charge in [-0.1, -0.05) is 30.3 Å². The summed E-state index contributed by atoms with van der Waals surface area (Å²) in [6.45, 7) is 2.53. The Morgan fingerprint density at radius 1 is 1.15 bits per heavy atom. The van der Waals surface area contributed by atoms with Crippen LogP contribution >= 0.6 is 0 Å². The molecule has 0 spiro atoms. The van der Waals surface area contributed by atoms with Crippen molar-refractivity contribution in [2.24, 2.45) is 0 Å². The van der Waals surface area contributed by atoms with E-state index in [2.05, 4.69) is 10.3 Å². The minimum Gasteiger partial charge on any atom is -0.494 e. The van der Waals surface area contributed by atoms with Crippen molar-refractivity contribution in [2.45, 2.75) is 25.3 Å². The monoisotopic (exact) mass is 360 g/mol. The first-order valence-electron chi connectivity index (χ1n) is 9.07. The van der Waals surface area contributed by atoms with E-state index in [1.165, 1.54) is 0 Å². The topological polar surface area (TPSA) is 68.3 Å². The Morgan fingerprint density at radius 3 is 2.67 bits per heavy atom. The average molecular weight is 360 g/mol. The molecule has 4 rings (SSSR count). The van der Waals surface area contributed by atoms with E-state index in [4.69, 9.17) is 4.74 Å². The van der Waals surface area contributed by atoms with Gasteiger partial charge in [-0.2, -0.15) is 0 Å². The smallest absolute Gasteiger partial charge is 0.252 e. The first-order chi connectivity index (χ1) is 13.2. The highest BCUT2D eigenvalue weighted by molar-refractivity contribution is 6.07. The van der Waals surface area contributed by atoms with Crippen LogP contribution in [0.4, 0.5) is 0 Å². The van der Waals surface area contributed by atoms with E-state index in [0.717, 1.165) is 22.2 Å². The van der Waals surface area contributed by atoms with Crippen LogP contribution in [0.3, 0.4) is 0 Å². The molecular formula is C22H20N2O3. The fourth-order valence-electron chi connectivity index (χ4n) is 3.56. The number of fused-ring (bicyclic) bond motifs is 1. The summed E-state index contributed by atoms with van der Waals surface area (Å²) >= 11 is 0. The molecule has 1 saturated carbocycles. The number of nitrogens with one attached hydrogen (secondary N) is 1. The van der Waals surface area contributed by atoms with E-state index >= 15 is 0 Å². The van der Waals surface area contributed by atoms with Gasteiger partial charge in [-0.25, -0.2) is 0 Å². The molecule has 136 valence electrons. The number of hydrogen-bond donors (Lipinski definition) is 1. The van der Waals surface area contributed by atoms with Gasteiger partial charge < -0.3 is 10.1 Å². The Bertz CT molecular complexity index is 993. The van der Waals surface area contributed by atoms with Crippen LogP contribution in [-0.4, -0.2) is 29.3 Å². The van der Waals surface area contributed by atoms with E-state index < -0.39 is 0 Å². The molecular weight excluding hydrogens is 340 g/mol. The Balaban J connectivity index is 1.53. The van der Waals surface area contributed by atoms with Gasteiger partial charge in [0.05, 0.1) is 23.6 Å². The molecule has 1 aliphatic carbocycles. The SMILES string of the molecule is CCOc1ccc(C2C(=O)CC2NC(=O)c2ccnc3ccccc23)cc1. The summed E-state index contributed by atoms with van der Waals surface area (Å²) in [4.78, 5) is 29.3. The lowest BCUT2D eigenvalue weighted by atomic mass is 9.73. The van der Waals surface area contributed by atoms with Crippen molar-refractivity contribution in [3.63, 3.8) is 0 Å². The predicted molar refractivity (Wildman–Crippen MR) is 103 cm³/mol. The fraction of sp³-hybridized carbons (Fsp3) is 0.227. The molecule has 1 fully saturated rings. The molecule has 5 heteroatoms. The second kappa shape index (κ2) is 7.19. The summed E-state index contributed by atoms with van der Waals surface area (Å²) in [7, 11) is 0. The average Bonchev–Trinajstić information content (AvgIpc) is 2.68. The lowest BCUT2D eigenvalue weighted by molar-refractivity contribution is -0.127. The zero-order valence-corrected chi connectivity index (χ0v) is 15.0. The predicted octanol–water partition coefficient (Wildman–Crippen LogP) is 3.49. The van der Waals surface area contributed by atoms with Crippen LogP contribution in [0.2, 0.25) is 0 Å². The lowest BCUT2D eigenvalue weighted by Crippen LogP contribution is -2.51. The molecule has 0 aliphatic heterocycles. The zero-order chi connectivity index (χ0) is 18.8. The molecule has 1 N–H and O–H groups in total. The van der Waals surface area contributed by atoms with Gasteiger partial charge in [-0.15, -0.1) is 0 Å². The van der Waals surface area contributed by atoms with Gasteiger partial charge in [0.25, 0.3) is 5.91 Å². The highest BCUT2D eigenvalue weighted by Crippen LogP contribution is 2.34. The molecule has 5 nitrogen and oxygen atoms in total. The van der Waals surface area contributed by atoms with Crippen molar-refractivity contribution >= 4 is 22.6 Å². The molecule has 3 aromatic rings. The van der Waals surface area contributed by atoms with Gasteiger partial charge in [0.1, 0.15) is 11.5 Å². The number of pyridine rings is 1. The maximum absolute atomic E-state index is 12.8. The summed E-state index contributed by atoms with van der Waals surface area (Å²) < 4.78 is 5.45. The summed E-state index contributed by atoms with van der Waals surface area (Å²) in [5.41, 5.74) is 2.25. The van der Waals surface area contributed by atoms with Crippen molar-refractivity contribution in [3.8, 4) is 5.75 Å². The van der Waals surface area contributed by atoms with E-state index in [9.17, 15) is 9.59 Å². The van der Waals surface area contributed by atoms with Crippen molar-refractivity contribution in [2.75, 3.05) is 6.61 Å². The van der Waals surface area contributed by atoms with E-state index in [1.54, 1.807) is 12.3 Å². The number of benzene rings is 2. The van der Waals surface area contributed by atoms with Crippen molar-refractivity contribution < 1.29 is 14.3 Å². The van der Waals surface area contributed by atoms with E-state index in [0.29, 0.717) is 18.6 Å². The quantitative estimate of drug-likeness (QED) is 0.756. The minimum absolute atomic E-state index is 0.143. The van der Waals surface area contributed by atoms with Gasteiger partial charge in [-0.3, -0.25) is 14.6 Å². The number of Topliss-reactive ketones (excluding diaryl/α,β-unsaturated/α-hetero) is 1. The van der Waals surface area contributed by atoms with Crippen molar-refractivity contribution in [1.82, 2.24) is 10.3 Å². The Kier molecular flexibility index (Phi) is 4.59. The molecule has 0 saturated heterocycles. The largest absolute Gasteiger partial charge is 0.494 e. The fourth-order valence-corrected chi connectivity index (χ4v) is 3.56. The summed E-state index contributed by atoms with van der Waals surface area (Å²) in [6, 6.07) is 16.6. The molecule has 0 radical (unpaired) electrons. The maximum atomic E-state index is 12.8. The van der Waals surface area contributed by atoms with Crippen LogP contribution in [0.5, 0.6) is 5.75 Å². The third-order valence-corrected chi connectivity index (χ3v) is 4.93. The molecule has 2 aromatic carbocycles. The summed E-state index contributed by atoms with van der Waals surface area (Å²) in [5.74, 6) is 0.431. The van der Waals surface area contributed by atoms with Crippen molar-refractivity contribution in [3.05, 3.63) is 71.9 Å². The number of rotatable bonds is 5. The van der Waals surface area contributed by atoms with Crippen LogP contribution in [-0.2, 0) is 4.79 Å². The summed E-state index contributed by atoms with van der Waals surface area (Å²) in [5, 5.41) is 3.83. The second-order valence-corrected chi connectivity index (χ2v) is 6.61. The Morgan fingerprint density at radius 2 is 1.93 bits per heavy atom. The second-order valence-electron chi connectivity index (χ2n) is 6.61. The molecule has 2 atom stereocenters. The van der Waals surface area contributed by atoms with Crippen molar-refractivity contribution in [1.29, 1.82) is 0 Å². The van der Waals surface area contributed by atoms with Gasteiger partial charge >= 0.3 is 0 Å². The molecule has 1 heterocycles. The number of aromatic nitrogens is 1. The number of para-hydroxylation sites is 1. The molecule has 2 unspecified atom stereocenters. The first kappa shape index (κ1) is 17.2. The van der Waals surface area contributed by atoms with Crippen LogP contribution < -0.4 is 10.1 Å². The van der Waals surface area contributed by atoms with Gasteiger partial charge in [0.15, 0.2) is 0 Å². The van der Waals surface area contributed by atoms with Gasteiger partial charge in [0.2, 0.25) is 0 Å². The number of carbonyl (C=O) groups excluding carboxylic acids is 2. The number of ether oxygens (including phenoxy) is 1. The number of hydrogen-bond acceptors (Lipinski definition) is 4. The highest BCUT2D eigenvalue weighted by Gasteiger charge is 2.41. The van der Waals surface area contributed by atoms with Gasteiger partial charge in [0, 0.05) is 24.0 Å². The number of amides is 1. The first-order valence-corrected chi connectivity index (χ1v) is 9.07. The third-order valence-electron chi connectivity index (χ3n) is 4.93. The normalized spacial score (nSPS) is 18.8.